The molecule has 9 heteroatoms. The maximum Gasteiger partial charge on any atom is 0.347 e. The third kappa shape index (κ3) is 3.75. The van der Waals surface area contributed by atoms with Gasteiger partial charge in [0.15, 0.2) is 12.4 Å². The van der Waals surface area contributed by atoms with Gasteiger partial charge in [0, 0.05) is 36.7 Å². The zero-order chi connectivity index (χ0) is 17.1. The van der Waals surface area contributed by atoms with Gasteiger partial charge in [-0.2, -0.15) is 4.57 Å². The summed E-state index contributed by atoms with van der Waals surface area (Å²) >= 11 is 0. The first-order chi connectivity index (χ1) is 11.6. The summed E-state index contributed by atoms with van der Waals surface area (Å²) in [6, 6.07) is 10.9. The summed E-state index contributed by atoms with van der Waals surface area (Å²) in [6.07, 6.45) is 6.70. The molecule has 126 valence electrons. The van der Waals surface area contributed by atoms with Crippen molar-refractivity contribution in [2.45, 2.75) is 0 Å². The van der Waals surface area contributed by atoms with E-state index in [9.17, 15) is 20.2 Å². The molecule has 0 N–H and O–H groups in total. The number of hydrogen-bond acceptors (Lipinski definition) is 5. The molecule has 0 bridgehead atoms. The normalized spacial score (nSPS) is 9.92. The molecule has 0 unspecified atom stereocenters. The average molecular weight is 359 g/mol. The van der Waals surface area contributed by atoms with Gasteiger partial charge in [-0.1, -0.05) is 0 Å². The number of aromatic nitrogens is 2. The fraction of sp³-hybridized carbons (Fsp3) is 0. The summed E-state index contributed by atoms with van der Waals surface area (Å²) in [5.41, 5.74) is 1.51. The maximum absolute atomic E-state index is 11.2. The monoisotopic (exact) mass is 358 g/mol. The molecule has 25 heavy (non-hydrogen) atoms. The van der Waals surface area contributed by atoms with Gasteiger partial charge in [-0.15, -0.1) is 0 Å². The molecule has 8 nitrogen and oxygen atoms in total. The van der Waals surface area contributed by atoms with Crippen molar-refractivity contribution in [3.8, 4) is 16.8 Å². The van der Waals surface area contributed by atoms with Crippen LogP contribution in [-0.2, 0) is 0 Å². The lowest BCUT2D eigenvalue weighted by Crippen LogP contribution is -3.00. The van der Waals surface area contributed by atoms with Crippen LogP contribution in [0.5, 0.6) is 0 Å². The number of rotatable bonds is 4. The lowest BCUT2D eigenvalue weighted by atomic mass is 10.1. The Hall–Kier alpha value is -3.39. The van der Waals surface area contributed by atoms with Gasteiger partial charge < -0.3 is 12.4 Å². The molecule has 3 aromatic rings. The highest BCUT2D eigenvalue weighted by Crippen LogP contribution is 2.25. The van der Waals surface area contributed by atoms with E-state index in [2.05, 4.69) is 4.98 Å². The Bertz CT molecular complexity index is 917. The van der Waals surface area contributed by atoms with Crippen LogP contribution >= 0.6 is 0 Å². The van der Waals surface area contributed by atoms with Gasteiger partial charge in [-0.05, 0) is 23.3 Å². The zero-order valence-electron chi connectivity index (χ0n) is 12.7. The number of hydrogen-bond donors (Lipinski definition) is 0. The van der Waals surface area contributed by atoms with E-state index in [1.54, 1.807) is 41.5 Å². The largest absolute Gasteiger partial charge is 1.00 e. The Morgan fingerprint density at radius 3 is 2.00 bits per heavy atom. The molecule has 0 atom stereocenters. The number of nitro groups is 2. The number of pyridine rings is 2. The molecule has 0 aliphatic heterocycles. The van der Waals surface area contributed by atoms with Crippen molar-refractivity contribution < 1.29 is 26.8 Å². The molecule has 3 rings (SSSR count). The number of non-ortho nitro benzene ring substituents is 1. The standard InChI is InChI=1S/C16H11N4O4.ClH/c21-19(22)14-1-2-15(16(11-14)20(23)24)18-9-5-13(6-10-18)12-3-7-17-8-4-12;/h1-11H;1H/q+1;/p-1. The topological polar surface area (TPSA) is 103 Å². The Morgan fingerprint density at radius 2 is 1.44 bits per heavy atom. The second-order valence-electron chi connectivity index (χ2n) is 4.92. The van der Waals surface area contributed by atoms with E-state index in [4.69, 9.17) is 0 Å². The van der Waals surface area contributed by atoms with Crippen molar-refractivity contribution in [1.29, 1.82) is 0 Å². The molecular weight excluding hydrogens is 348 g/mol. The fourth-order valence-electron chi connectivity index (χ4n) is 2.31. The van der Waals surface area contributed by atoms with Crippen LogP contribution < -0.4 is 17.0 Å². The average Bonchev–Trinajstić information content (AvgIpc) is 2.62. The molecule has 0 saturated heterocycles. The van der Waals surface area contributed by atoms with E-state index in [-0.39, 0.29) is 29.5 Å². The number of nitro benzene ring substituents is 2. The summed E-state index contributed by atoms with van der Waals surface area (Å²) in [7, 11) is 0. The van der Waals surface area contributed by atoms with Crippen molar-refractivity contribution in [1.82, 2.24) is 4.98 Å². The van der Waals surface area contributed by atoms with Crippen molar-refractivity contribution in [2.75, 3.05) is 0 Å². The van der Waals surface area contributed by atoms with Crippen molar-refractivity contribution in [3.63, 3.8) is 0 Å². The molecule has 0 saturated carbocycles. The highest BCUT2D eigenvalue weighted by Gasteiger charge is 2.26. The molecule has 0 fully saturated rings. The van der Waals surface area contributed by atoms with Gasteiger partial charge in [0.25, 0.3) is 11.4 Å². The number of nitrogens with zero attached hydrogens (tertiary/aromatic N) is 4. The molecular formula is C16H11ClN4O4. The lowest BCUT2D eigenvalue weighted by Gasteiger charge is -2.01. The van der Waals surface area contributed by atoms with Crippen LogP contribution in [-0.4, -0.2) is 14.8 Å². The van der Waals surface area contributed by atoms with Crippen LogP contribution in [0.2, 0.25) is 0 Å². The summed E-state index contributed by atoms with van der Waals surface area (Å²) < 4.78 is 1.55. The third-order valence-electron chi connectivity index (χ3n) is 3.49. The van der Waals surface area contributed by atoms with Gasteiger partial charge in [0.1, 0.15) is 6.07 Å². The predicted molar refractivity (Wildman–Crippen MR) is 84.5 cm³/mol. The quantitative estimate of drug-likeness (QED) is 0.366. The number of halogens is 1. The van der Waals surface area contributed by atoms with Crippen LogP contribution in [0, 0.1) is 20.2 Å². The third-order valence-corrected chi connectivity index (χ3v) is 3.49. The van der Waals surface area contributed by atoms with E-state index < -0.39 is 9.85 Å². The van der Waals surface area contributed by atoms with Crippen molar-refractivity contribution >= 4 is 11.4 Å². The summed E-state index contributed by atoms with van der Waals surface area (Å²) in [5.74, 6) is 0. The first kappa shape index (κ1) is 18.0. The first-order valence-corrected chi connectivity index (χ1v) is 6.91. The van der Waals surface area contributed by atoms with Crippen LogP contribution in [0.1, 0.15) is 0 Å². The Balaban J connectivity index is 0.00000225. The van der Waals surface area contributed by atoms with Crippen LogP contribution in [0.15, 0.2) is 67.3 Å². The minimum Gasteiger partial charge on any atom is -1.00 e. The maximum atomic E-state index is 11.2. The van der Waals surface area contributed by atoms with Crippen LogP contribution in [0.25, 0.3) is 16.8 Å². The number of benzene rings is 1. The predicted octanol–water partition coefficient (Wildman–Crippen LogP) is -0.154. The van der Waals surface area contributed by atoms with E-state index in [0.717, 1.165) is 17.2 Å². The summed E-state index contributed by atoms with van der Waals surface area (Å²) in [5, 5.41) is 22.0. The minimum absolute atomic E-state index is 0. The molecule has 0 radical (unpaired) electrons. The van der Waals surface area contributed by atoms with E-state index in [0.29, 0.717) is 0 Å². The van der Waals surface area contributed by atoms with Gasteiger partial charge in [-0.25, -0.2) is 0 Å². The molecule has 1 aromatic carbocycles. The Kier molecular flexibility index (Phi) is 5.35. The Labute approximate surface area is 148 Å². The molecule has 2 aromatic heterocycles. The SMILES string of the molecule is O=[N+]([O-])c1ccc(-[n+]2ccc(-c3ccncc3)cc2)c([N+](=O)[O-])c1.[Cl-]. The molecule has 2 heterocycles. The second kappa shape index (κ2) is 7.45. The van der Waals surface area contributed by atoms with E-state index in [1.165, 1.54) is 12.1 Å². The molecule has 0 aliphatic rings. The van der Waals surface area contributed by atoms with Crippen molar-refractivity contribution in [3.05, 3.63) is 87.5 Å². The zero-order valence-corrected chi connectivity index (χ0v) is 13.4. The van der Waals surface area contributed by atoms with Gasteiger partial charge in [-0.3, -0.25) is 25.2 Å². The highest BCUT2D eigenvalue weighted by atomic mass is 35.5. The molecule has 0 spiro atoms. The van der Waals surface area contributed by atoms with Crippen LogP contribution in [0.4, 0.5) is 11.4 Å². The van der Waals surface area contributed by atoms with Gasteiger partial charge >= 0.3 is 5.69 Å². The van der Waals surface area contributed by atoms with E-state index in [1.807, 2.05) is 12.1 Å². The van der Waals surface area contributed by atoms with E-state index >= 15 is 0 Å². The summed E-state index contributed by atoms with van der Waals surface area (Å²) in [6.45, 7) is 0. The second-order valence-corrected chi connectivity index (χ2v) is 4.92. The minimum atomic E-state index is -0.659. The summed E-state index contributed by atoms with van der Waals surface area (Å²) in [4.78, 5) is 24.7. The lowest BCUT2D eigenvalue weighted by molar-refractivity contribution is -0.600. The van der Waals surface area contributed by atoms with Crippen molar-refractivity contribution in [2.24, 2.45) is 0 Å². The van der Waals surface area contributed by atoms with Crippen LogP contribution in [0.3, 0.4) is 0 Å². The van der Waals surface area contributed by atoms with Gasteiger partial charge in [0.05, 0.1) is 9.85 Å². The smallest absolute Gasteiger partial charge is 0.347 e. The first-order valence-electron chi connectivity index (χ1n) is 6.91. The molecule has 0 amide bonds. The Morgan fingerprint density at radius 1 is 0.840 bits per heavy atom. The fourth-order valence-corrected chi connectivity index (χ4v) is 2.31. The highest BCUT2D eigenvalue weighted by molar-refractivity contribution is 5.61. The molecule has 0 aliphatic carbocycles. The van der Waals surface area contributed by atoms with Gasteiger partial charge in [0.2, 0.25) is 0 Å².